The number of rotatable bonds is 3. The molecule has 26 heavy (non-hydrogen) atoms. The first-order valence-corrected chi connectivity index (χ1v) is 9.44. The zero-order chi connectivity index (χ0) is 18.1. The van der Waals surface area contributed by atoms with Gasteiger partial charge in [0.05, 0.1) is 0 Å². The van der Waals surface area contributed by atoms with E-state index in [4.69, 9.17) is 16.3 Å². The highest BCUT2D eigenvalue weighted by Gasteiger charge is 2.31. The number of carbonyl (C=O) groups excluding carboxylic acids is 1. The molecular weight excluding hydrogens is 420 g/mol. The van der Waals surface area contributed by atoms with Crippen LogP contribution in [0.2, 0.25) is 5.15 Å². The number of imidazole rings is 1. The van der Waals surface area contributed by atoms with Crippen LogP contribution in [-0.2, 0) is 11.3 Å². The van der Waals surface area contributed by atoms with Gasteiger partial charge in [0.25, 0.3) is 0 Å². The minimum Gasteiger partial charge on any atom is -0.445 e. The number of likely N-dealkylation sites (tertiary alicyclic amines) is 1. The highest BCUT2D eigenvalue weighted by Crippen LogP contribution is 2.32. The van der Waals surface area contributed by atoms with Crippen molar-refractivity contribution in [3.8, 4) is 0 Å². The summed E-state index contributed by atoms with van der Waals surface area (Å²) < 4.78 is 8.02. The maximum atomic E-state index is 12.4. The molecule has 4 rings (SSSR count). The molecule has 3 aromatic rings. The van der Waals surface area contributed by atoms with Crippen molar-refractivity contribution in [2.24, 2.45) is 0 Å². The molecule has 1 aromatic carbocycles. The molecule has 1 saturated heterocycles. The number of carbonyl (C=O) groups is 1. The number of hydrogen-bond acceptors (Lipinski definition) is 4. The van der Waals surface area contributed by atoms with E-state index in [0.717, 1.165) is 23.3 Å². The Labute approximate surface area is 163 Å². The van der Waals surface area contributed by atoms with Crippen LogP contribution >= 0.6 is 27.5 Å². The van der Waals surface area contributed by atoms with Gasteiger partial charge in [0.1, 0.15) is 22.6 Å². The van der Waals surface area contributed by atoms with Crippen LogP contribution in [-0.4, -0.2) is 38.5 Å². The van der Waals surface area contributed by atoms with E-state index in [-0.39, 0.29) is 18.6 Å². The maximum absolute atomic E-state index is 12.4. The number of fused-ring (bicyclic) bond motifs is 1. The van der Waals surface area contributed by atoms with E-state index in [1.54, 1.807) is 11.1 Å². The van der Waals surface area contributed by atoms with E-state index in [1.165, 1.54) is 0 Å². The van der Waals surface area contributed by atoms with Gasteiger partial charge in [0, 0.05) is 31.4 Å². The van der Waals surface area contributed by atoms with Crippen LogP contribution < -0.4 is 0 Å². The fourth-order valence-electron chi connectivity index (χ4n) is 3.22. The summed E-state index contributed by atoms with van der Waals surface area (Å²) in [4.78, 5) is 22.8. The molecule has 0 spiro atoms. The van der Waals surface area contributed by atoms with Crippen LogP contribution in [0.4, 0.5) is 4.79 Å². The van der Waals surface area contributed by atoms with Gasteiger partial charge in [-0.25, -0.2) is 14.8 Å². The van der Waals surface area contributed by atoms with Gasteiger partial charge < -0.3 is 9.64 Å². The monoisotopic (exact) mass is 434 g/mol. The van der Waals surface area contributed by atoms with Crippen molar-refractivity contribution in [2.45, 2.75) is 18.9 Å². The van der Waals surface area contributed by atoms with Crippen molar-refractivity contribution >= 4 is 39.1 Å². The summed E-state index contributed by atoms with van der Waals surface area (Å²) >= 11 is 9.62. The first-order valence-electron chi connectivity index (χ1n) is 8.27. The normalized spacial score (nSPS) is 17.0. The SMILES string of the molecule is O=C(OCc1ccccc1)N1CCC(c2nc(Br)c3c(Cl)nccn23)C1. The van der Waals surface area contributed by atoms with Crippen LogP contribution in [0.25, 0.3) is 5.52 Å². The number of hydrogen-bond donors (Lipinski definition) is 0. The van der Waals surface area contributed by atoms with Gasteiger partial charge in [0.2, 0.25) is 0 Å². The van der Waals surface area contributed by atoms with Crippen LogP contribution in [0.15, 0.2) is 47.3 Å². The molecule has 0 aliphatic carbocycles. The highest BCUT2D eigenvalue weighted by atomic mass is 79.9. The van der Waals surface area contributed by atoms with Crippen molar-refractivity contribution in [3.05, 3.63) is 63.9 Å². The predicted molar refractivity (Wildman–Crippen MR) is 101 cm³/mol. The second-order valence-electron chi connectivity index (χ2n) is 6.17. The van der Waals surface area contributed by atoms with Gasteiger partial charge in [-0.2, -0.15) is 0 Å². The lowest BCUT2D eigenvalue weighted by atomic mass is 10.1. The Bertz CT molecular complexity index is 947. The molecular formula is C18H16BrClN4O2. The van der Waals surface area contributed by atoms with E-state index >= 15 is 0 Å². The molecule has 1 atom stereocenters. The second-order valence-corrected chi connectivity index (χ2v) is 7.28. The van der Waals surface area contributed by atoms with Gasteiger partial charge in [-0.1, -0.05) is 41.9 Å². The Morgan fingerprint density at radius 1 is 1.35 bits per heavy atom. The average Bonchev–Trinajstić information content (AvgIpc) is 3.26. The standard InChI is InChI=1S/C18H16BrClN4O2/c19-15-14-16(20)21-7-9-24(14)17(22-15)13-6-8-23(10-13)18(25)26-11-12-4-2-1-3-5-12/h1-5,7,9,13H,6,8,10-11H2. The lowest BCUT2D eigenvalue weighted by Crippen LogP contribution is -2.29. The predicted octanol–water partition coefficient (Wildman–Crippen LogP) is 4.27. The number of halogens is 2. The van der Waals surface area contributed by atoms with Gasteiger partial charge in [-0.15, -0.1) is 0 Å². The molecule has 8 heteroatoms. The summed E-state index contributed by atoms with van der Waals surface area (Å²) in [5.41, 5.74) is 1.72. The lowest BCUT2D eigenvalue weighted by Gasteiger charge is -2.16. The van der Waals surface area contributed by atoms with Crippen molar-refractivity contribution < 1.29 is 9.53 Å². The number of ether oxygens (including phenoxy) is 1. The first kappa shape index (κ1) is 17.3. The Morgan fingerprint density at radius 3 is 2.96 bits per heavy atom. The van der Waals surface area contributed by atoms with Crippen molar-refractivity contribution in [1.82, 2.24) is 19.3 Å². The fraction of sp³-hybridized carbons (Fsp3) is 0.278. The van der Waals surface area contributed by atoms with E-state index in [1.807, 2.05) is 40.9 Å². The van der Waals surface area contributed by atoms with Crippen molar-refractivity contribution in [1.29, 1.82) is 0 Å². The summed E-state index contributed by atoms with van der Waals surface area (Å²) in [6.07, 6.45) is 4.01. The summed E-state index contributed by atoms with van der Waals surface area (Å²) in [5, 5.41) is 0.398. The van der Waals surface area contributed by atoms with Gasteiger partial charge in [-0.05, 0) is 27.9 Å². The molecule has 2 aromatic heterocycles. The Kier molecular flexibility index (Phi) is 4.82. The number of aromatic nitrogens is 3. The molecule has 6 nitrogen and oxygen atoms in total. The van der Waals surface area contributed by atoms with Gasteiger partial charge in [-0.3, -0.25) is 4.40 Å². The fourth-order valence-corrected chi connectivity index (χ4v) is 4.13. The molecule has 0 radical (unpaired) electrons. The zero-order valence-corrected chi connectivity index (χ0v) is 16.2. The summed E-state index contributed by atoms with van der Waals surface area (Å²) in [6, 6.07) is 9.66. The smallest absolute Gasteiger partial charge is 0.410 e. The molecule has 1 aliphatic heterocycles. The highest BCUT2D eigenvalue weighted by molar-refractivity contribution is 9.10. The molecule has 0 saturated carbocycles. The van der Waals surface area contributed by atoms with Crippen LogP contribution in [0.3, 0.4) is 0 Å². The minimum atomic E-state index is -0.295. The summed E-state index contributed by atoms with van der Waals surface area (Å²) in [7, 11) is 0. The van der Waals surface area contributed by atoms with Crippen molar-refractivity contribution in [3.63, 3.8) is 0 Å². The maximum Gasteiger partial charge on any atom is 0.410 e. The summed E-state index contributed by atoms with van der Waals surface area (Å²) in [5.74, 6) is 0.992. The zero-order valence-electron chi connectivity index (χ0n) is 13.8. The average molecular weight is 436 g/mol. The summed E-state index contributed by atoms with van der Waals surface area (Å²) in [6.45, 7) is 1.49. The molecule has 1 amide bonds. The molecule has 3 heterocycles. The quantitative estimate of drug-likeness (QED) is 0.616. The Morgan fingerprint density at radius 2 is 2.15 bits per heavy atom. The largest absolute Gasteiger partial charge is 0.445 e. The number of benzene rings is 1. The Balaban J connectivity index is 1.45. The molecule has 134 valence electrons. The third-order valence-electron chi connectivity index (χ3n) is 4.51. The molecule has 1 fully saturated rings. The Hall–Kier alpha value is -2.12. The van der Waals surface area contributed by atoms with Crippen molar-refractivity contribution in [2.75, 3.05) is 13.1 Å². The molecule has 0 bridgehead atoms. The minimum absolute atomic E-state index is 0.122. The number of amides is 1. The van der Waals surface area contributed by atoms with E-state index < -0.39 is 0 Å². The lowest BCUT2D eigenvalue weighted by molar-refractivity contribution is 0.104. The van der Waals surface area contributed by atoms with Crippen LogP contribution in [0.1, 0.15) is 23.7 Å². The third kappa shape index (κ3) is 3.29. The number of nitrogens with zero attached hydrogens (tertiary/aromatic N) is 4. The first-order chi connectivity index (χ1) is 12.6. The molecule has 1 aliphatic rings. The van der Waals surface area contributed by atoms with Crippen LogP contribution in [0, 0.1) is 0 Å². The molecule has 0 N–H and O–H groups in total. The van der Waals surface area contributed by atoms with Crippen LogP contribution in [0.5, 0.6) is 0 Å². The van der Waals surface area contributed by atoms with E-state index in [2.05, 4.69) is 25.9 Å². The second kappa shape index (κ2) is 7.25. The molecule has 1 unspecified atom stereocenters. The van der Waals surface area contributed by atoms with E-state index in [0.29, 0.717) is 22.8 Å². The third-order valence-corrected chi connectivity index (χ3v) is 5.34. The topological polar surface area (TPSA) is 59.7 Å². The van der Waals surface area contributed by atoms with Gasteiger partial charge in [0.15, 0.2) is 5.15 Å². The van der Waals surface area contributed by atoms with Gasteiger partial charge >= 0.3 is 6.09 Å². The van der Waals surface area contributed by atoms with E-state index in [9.17, 15) is 4.79 Å².